The van der Waals surface area contributed by atoms with Crippen molar-refractivity contribution in [3.05, 3.63) is 59.7 Å². The highest BCUT2D eigenvalue weighted by atomic mass is 19.4. The number of halogens is 3. The maximum Gasteiger partial charge on any atom is 0.417 e. The van der Waals surface area contributed by atoms with Gasteiger partial charge in [0.05, 0.1) is 5.92 Å². The van der Waals surface area contributed by atoms with Crippen molar-refractivity contribution in [1.29, 1.82) is 0 Å². The highest BCUT2D eigenvalue weighted by molar-refractivity contribution is 5.87. The number of carboxylic acid groups (broad SMARTS) is 1. The van der Waals surface area contributed by atoms with Gasteiger partial charge in [-0.15, -0.1) is 0 Å². The van der Waals surface area contributed by atoms with Crippen LogP contribution < -0.4 is 10.6 Å². The molecule has 2 amide bonds. The van der Waals surface area contributed by atoms with E-state index in [-0.39, 0.29) is 25.4 Å². The quantitative estimate of drug-likeness (QED) is 0.588. The van der Waals surface area contributed by atoms with E-state index in [1.54, 1.807) is 5.32 Å². The SMILES string of the molecule is O=C(NC(C(=O)NC1CCCC1C(=O)O)C(F)(F)F)OCC1c2ccccc2-c2ccccc21. The van der Waals surface area contributed by atoms with Crippen LogP contribution in [0.15, 0.2) is 48.5 Å². The van der Waals surface area contributed by atoms with Crippen molar-refractivity contribution in [3.63, 3.8) is 0 Å². The Labute approximate surface area is 193 Å². The van der Waals surface area contributed by atoms with Crippen LogP contribution in [0.3, 0.4) is 0 Å². The molecule has 1 fully saturated rings. The molecule has 180 valence electrons. The summed E-state index contributed by atoms with van der Waals surface area (Å²) in [7, 11) is 0. The molecule has 2 aliphatic carbocycles. The van der Waals surface area contributed by atoms with E-state index in [1.807, 2.05) is 48.5 Å². The molecular formula is C24H23F3N2O5. The molecule has 1 saturated carbocycles. The number of carbonyl (C=O) groups excluding carboxylic acids is 2. The molecule has 0 heterocycles. The average Bonchev–Trinajstić information content (AvgIpc) is 3.38. The van der Waals surface area contributed by atoms with Gasteiger partial charge in [0.25, 0.3) is 5.91 Å². The van der Waals surface area contributed by atoms with Crippen LogP contribution in [-0.2, 0) is 14.3 Å². The summed E-state index contributed by atoms with van der Waals surface area (Å²) in [6.45, 7) is -0.213. The molecular weight excluding hydrogens is 453 g/mol. The lowest BCUT2D eigenvalue weighted by Gasteiger charge is -2.24. The van der Waals surface area contributed by atoms with Gasteiger partial charge in [0, 0.05) is 12.0 Å². The smallest absolute Gasteiger partial charge is 0.417 e. The number of aliphatic carboxylic acids is 1. The van der Waals surface area contributed by atoms with E-state index in [4.69, 9.17) is 4.74 Å². The number of hydrogen-bond acceptors (Lipinski definition) is 4. The van der Waals surface area contributed by atoms with E-state index < -0.39 is 42.1 Å². The number of benzene rings is 2. The molecule has 4 rings (SSSR count). The number of nitrogens with one attached hydrogen (secondary N) is 2. The number of alkyl carbamates (subject to hydrolysis) is 1. The van der Waals surface area contributed by atoms with E-state index in [0.717, 1.165) is 22.3 Å². The highest BCUT2D eigenvalue weighted by Crippen LogP contribution is 2.44. The summed E-state index contributed by atoms with van der Waals surface area (Å²) in [5.41, 5.74) is 3.71. The first kappa shape index (κ1) is 23.6. The predicted molar refractivity (Wildman–Crippen MR) is 115 cm³/mol. The van der Waals surface area contributed by atoms with Gasteiger partial charge in [0.1, 0.15) is 6.61 Å². The van der Waals surface area contributed by atoms with Gasteiger partial charge >= 0.3 is 18.2 Å². The standard InChI is InChI=1S/C24H23F3N2O5/c25-24(26,27)20(21(30)28-19-11-5-10-17(19)22(31)32)29-23(33)34-12-18-15-8-3-1-6-13(15)14-7-2-4-9-16(14)18/h1-4,6-9,17-20H,5,10-12H2,(H,28,30)(H,29,33)(H,31,32). The molecule has 0 bridgehead atoms. The van der Waals surface area contributed by atoms with Crippen molar-refractivity contribution in [2.24, 2.45) is 5.92 Å². The third-order valence-corrected chi connectivity index (χ3v) is 6.36. The normalized spacial score (nSPS) is 20.2. The third-order valence-electron chi connectivity index (χ3n) is 6.36. The minimum atomic E-state index is -5.09. The van der Waals surface area contributed by atoms with Crippen molar-refractivity contribution < 1.29 is 37.4 Å². The van der Waals surface area contributed by atoms with Gasteiger partial charge in [-0.2, -0.15) is 13.2 Å². The van der Waals surface area contributed by atoms with Crippen LogP contribution in [0.25, 0.3) is 11.1 Å². The van der Waals surface area contributed by atoms with Crippen LogP contribution >= 0.6 is 0 Å². The summed E-state index contributed by atoms with van der Waals surface area (Å²) in [6, 6.07) is 11.2. The summed E-state index contributed by atoms with van der Waals surface area (Å²) >= 11 is 0. The van der Waals surface area contributed by atoms with Crippen molar-refractivity contribution in [2.45, 2.75) is 43.4 Å². The van der Waals surface area contributed by atoms with Gasteiger partial charge < -0.3 is 20.5 Å². The van der Waals surface area contributed by atoms with E-state index in [0.29, 0.717) is 6.42 Å². The number of fused-ring (bicyclic) bond motifs is 3. The zero-order valence-corrected chi connectivity index (χ0v) is 18.0. The van der Waals surface area contributed by atoms with Crippen molar-refractivity contribution in [1.82, 2.24) is 10.6 Å². The first-order valence-electron chi connectivity index (χ1n) is 10.9. The Kier molecular flexibility index (Phi) is 6.49. The molecule has 3 N–H and O–H groups in total. The van der Waals surface area contributed by atoms with Gasteiger partial charge in [-0.25, -0.2) is 4.79 Å². The van der Waals surface area contributed by atoms with Gasteiger partial charge in [-0.05, 0) is 35.1 Å². The summed E-state index contributed by atoms with van der Waals surface area (Å²) in [5, 5.41) is 12.9. The minimum absolute atomic E-state index is 0.213. The zero-order chi connectivity index (χ0) is 24.5. The van der Waals surface area contributed by atoms with Gasteiger partial charge in [-0.1, -0.05) is 55.0 Å². The molecule has 0 spiro atoms. The fraction of sp³-hybridized carbons (Fsp3) is 0.375. The van der Waals surface area contributed by atoms with Gasteiger partial charge in [0.2, 0.25) is 6.04 Å². The second-order valence-electron chi connectivity index (χ2n) is 8.44. The Bertz CT molecular complexity index is 1060. The van der Waals surface area contributed by atoms with Gasteiger partial charge in [0.15, 0.2) is 0 Å². The molecule has 2 aromatic rings. The molecule has 7 nitrogen and oxygen atoms in total. The van der Waals surface area contributed by atoms with Crippen LogP contribution in [0.2, 0.25) is 0 Å². The lowest BCUT2D eigenvalue weighted by Crippen LogP contribution is -2.57. The van der Waals surface area contributed by atoms with Crippen LogP contribution in [0.4, 0.5) is 18.0 Å². The Morgan fingerprint density at radius 3 is 2.15 bits per heavy atom. The second kappa shape index (κ2) is 9.36. The Balaban J connectivity index is 1.42. The first-order valence-corrected chi connectivity index (χ1v) is 10.9. The lowest BCUT2D eigenvalue weighted by molar-refractivity contribution is -0.168. The van der Waals surface area contributed by atoms with Crippen LogP contribution in [0, 0.1) is 5.92 Å². The average molecular weight is 476 g/mol. The lowest BCUT2D eigenvalue weighted by atomic mass is 9.98. The molecule has 0 aromatic heterocycles. The molecule has 34 heavy (non-hydrogen) atoms. The number of carboxylic acids is 1. The molecule has 10 heteroatoms. The minimum Gasteiger partial charge on any atom is -0.481 e. The Hall–Kier alpha value is -3.56. The van der Waals surface area contributed by atoms with Crippen molar-refractivity contribution in [2.75, 3.05) is 6.61 Å². The van der Waals surface area contributed by atoms with E-state index >= 15 is 0 Å². The number of carbonyl (C=O) groups is 3. The fourth-order valence-corrected chi connectivity index (χ4v) is 4.75. The van der Waals surface area contributed by atoms with Crippen molar-refractivity contribution >= 4 is 18.0 Å². The third kappa shape index (κ3) is 4.71. The second-order valence-corrected chi connectivity index (χ2v) is 8.44. The maximum absolute atomic E-state index is 13.5. The number of amides is 2. The topological polar surface area (TPSA) is 105 Å². The van der Waals surface area contributed by atoms with E-state index in [9.17, 15) is 32.7 Å². The fourth-order valence-electron chi connectivity index (χ4n) is 4.75. The number of rotatable bonds is 6. The predicted octanol–water partition coefficient (Wildman–Crippen LogP) is 3.83. The Morgan fingerprint density at radius 2 is 1.59 bits per heavy atom. The van der Waals surface area contributed by atoms with Crippen molar-refractivity contribution in [3.8, 4) is 11.1 Å². The summed E-state index contributed by atoms with van der Waals surface area (Å²) in [4.78, 5) is 35.9. The monoisotopic (exact) mass is 476 g/mol. The molecule has 3 atom stereocenters. The van der Waals surface area contributed by atoms with Crippen LogP contribution in [-0.4, -0.2) is 47.9 Å². The van der Waals surface area contributed by atoms with Gasteiger partial charge in [-0.3, -0.25) is 9.59 Å². The number of ether oxygens (including phenoxy) is 1. The first-order chi connectivity index (χ1) is 16.2. The molecule has 2 aromatic carbocycles. The van der Waals surface area contributed by atoms with Crippen LogP contribution in [0.5, 0.6) is 0 Å². The molecule has 2 aliphatic rings. The summed E-state index contributed by atoms with van der Waals surface area (Å²) in [5.74, 6) is -4.02. The Morgan fingerprint density at radius 1 is 1.00 bits per heavy atom. The number of alkyl halides is 3. The van der Waals surface area contributed by atoms with E-state index in [1.165, 1.54) is 0 Å². The van der Waals surface area contributed by atoms with E-state index in [2.05, 4.69) is 5.32 Å². The summed E-state index contributed by atoms with van der Waals surface area (Å²) in [6.07, 6.45) is -5.50. The number of hydrogen-bond donors (Lipinski definition) is 3. The largest absolute Gasteiger partial charge is 0.481 e. The summed E-state index contributed by atoms with van der Waals surface area (Å²) < 4.78 is 45.8. The highest BCUT2D eigenvalue weighted by Gasteiger charge is 2.48. The molecule has 0 radical (unpaired) electrons. The molecule has 0 saturated heterocycles. The molecule has 0 aliphatic heterocycles. The van der Waals surface area contributed by atoms with Crippen LogP contribution in [0.1, 0.15) is 36.3 Å². The maximum atomic E-state index is 13.5. The zero-order valence-electron chi connectivity index (χ0n) is 18.0. The molecule has 3 unspecified atom stereocenters.